The molecule has 1 amide bonds. The van der Waals surface area contributed by atoms with Gasteiger partial charge < -0.3 is 19.5 Å². The van der Waals surface area contributed by atoms with Crippen molar-refractivity contribution in [2.45, 2.75) is 18.6 Å². The first kappa shape index (κ1) is 22.0. The smallest absolute Gasteiger partial charge is 0.323 e. The number of hydrogen-bond donors (Lipinski definition) is 1. The van der Waals surface area contributed by atoms with Gasteiger partial charge in [-0.3, -0.25) is 23.7 Å². The molecule has 3 fully saturated rings. The molecule has 10 nitrogen and oxygen atoms in total. The van der Waals surface area contributed by atoms with Crippen molar-refractivity contribution in [2.75, 3.05) is 37.7 Å². The summed E-state index contributed by atoms with van der Waals surface area (Å²) >= 11 is 6.16. The van der Waals surface area contributed by atoms with E-state index in [4.69, 9.17) is 31.8 Å². The van der Waals surface area contributed by atoms with E-state index in [1.165, 1.54) is 10.5 Å². The highest BCUT2D eigenvalue weighted by Crippen LogP contribution is 2.36. The Labute approximate surface area is 197 Å². The number of carboxylic acid groups (broad SMARTS) is 1. The third-order valence-corrected chi connectivity index (χ3v) is 7.21. The van der Waals surface area contributed by atoms with Crippen LogP contribution in [0.5, 0.6) is 0 Å². The molecule has 0 atom stereocenters. The van der Waals surface area contributed by atoms with Crippen LogP contribution >= 0.6 is 24.0 Å². The lowest BCUT2D eigenvalue weighted by Crippen LogP contribution is -2.46. The summed E-state index contributed by atoms with van der Waals surface area (Å²) in [4.78, 5) is 45.2. The number of hydrogen-bond acceptors (Lipinski definition) is 9. The number of thiocarbonyl (C=S) groups is 1. The first-order chi connectivity index (χ1) is 15.9. The van der Waals surface area contributed by atoms with Crippen LogP contribution in [0.25, 0.3) is 11.7 Å². The molecule has 3 aliphatic heterocycles. The standard InChI is InChI=1S/C21H20N4O6S2/c26-16(27)12-25-19(29)14(33-20(25)32)11-13-17(22-15-3-1-2-6-24(15)18(13)28)23-7-4-21(5-8-23)30-9-10-31-21/h1-3,6,11H,4-5,7-10,12H2,(H,26,27). The van der Waals surface area contributed by atoms with Crippen molar-refractivity contribution in [2.24, 2.45) is 0 Å². The number of thioether (sulfide) groups is 1. The van der Waals surface area contributed by atoms with E-state index >= 15 is 0 Å². The van der Waals surface area contributed by atoms with Gasteiger partial charge in [0.2, 0.25) is 0 Å². The molecular formula is C21H20N4O6S2. The maximum absolute atomic E-state index is 13.4. The minimum Gasteiger partial charge on any atom is -0.480 e. The van der Waals surface area contributed by atoms with Gasteiger partial charge in [0.25, 0.3) is 11.5 Å². The number of carbonyl (C=O) groups excluding carboxylic acids is 1. The van der Waals surface area contributed by atoms with Gasteiger partial charge in [0.15, 0.2) is 5.79 Å². The number of rotatable bonds is 4. The van der Waals surface area contributed by atoms with E-state index in [-0.39, 0.29) is 20.3 Å². The summed E-state index contributed by atoms with van der Waals surface area (Å²) in [7, 11) is 0. The van der Waals surface area contributed by atoms with E-state index < -0.39 is 24.2 Å². The number of carboxylic acids is 1. The number of ether oxygens (including phenoxy) is 2. The van der Waals surface area contributed by atoms with Gasteiger partial charge in [0.1, 0.15) is 22.3 Å². The van der Waals surface area contributed by atoms with Crippen LogP contribution in [0.3, 0.4) is 0 Å². The second-order valence-corrected chi connectivity index (χ2v) is 9.52. The van der Waals surface area contributed by atoms with E-state index in [0.29, 0.717) is 50.6 Å². The molecular weight excluding hydrogens is 468 g/mol. The second-order valence-electron chi connectivity index (χ2n) is 7.84. The molecule has 5 rings (SSSR count). The molecule has 2 aromatic rings. The van der Waals surface area contributed by atoms with Crippen LogP contribution in [0.2, 0.25) is 0 Å². The quantitative estimate of drug-likeness (QED) is 0.499. The first-order valence-electron chi connectivity index (χ1n) is 10.4. The lowest BCUT2D eigenvalue weighted by atomic mass is 10.0. The minimum atomic E-state index is -1.17. The van der Waals surface area contributed by atoms with Crippen LogP contribution in [0.1, 0.15) is 18.4 Å². The fourth-order valence-corrected chi connectivity index (χ4v) is 5.44. The SMILES string of the molecule is O=C(O)CN1C(=O)C(=Cc2c(N3CCC4(CC3)OCCO4)nc3ccccn3c2=O)SC1=S. The number of piperidine rings is 1. The third-order valence-electron chi connectivity index (χ3n) is 5.83. The Morgan fingerprint density at radius 3 is 2.67 bits per heavy atom. The molecule has 5 heterocycles. The van der Waals surface area contributed by atoms with Crippen LogP contribution in [0, 0.1) is 0 Å². The maximum atomic E-state index is 13.4. The van der Waals surface area contributed by atoms with Crippen LogP contribution in [0.15, 0.2) is 34.1 Å². The maximum Gasteiger partial charge on any atom is 0.323 e. The Hall–Kier alpha value is -2.80. The Balaban J connectivity index is 1.55. The summed E-state index contributed by atoms with van der Waals surface area (Å²) in [5.74, 6) is -1.83. The largest absolute Gasteiger partial charge is 0.480 e. The van der Waals surface area contributed by atoms with Crippen LogP contribution in [-0.4, -0.2) is 74.2 Å². The van der Waals surface area contributed by atoms with Gasteiger partial charge >= 0.3 is 5.97 Å². The zero-order valence-electron chi connectivity index (χ0n) is 17.4. The van der Waals surface area contributed by atoms with Crippen LogP contribution in [0.4, 0.5) is 5.82 Å². The molecule has 3 saturated heterocycles. The predicted octanol–water partition coefficient (Wildman–Crippen LogP) is 1.32. The molecule has 0 bridgehead atoms. The number of pyridine rings is 1. The van der Waals surface area contributed by atoms with Gasteiger partial charge in [-0.1, -0.05) is 30.0 Å². The Kier molecular flexibility index (Phi) is 5.69. The number of anilines is 1. The van der Waals surface area contributed by atoms with Gasteiger partial charge in [-0.2, -0.15) is 0 Å². The summed E-state index contributed by atoms with van der Waals surface area (Å²) in [6.07, 6.45) is 4.34. The molecule has 0 unspecified atom stereocenters. The second kappa shape index (κ2) is 8.52. The highest BCUT2D eigenvalue weighted by Gasteiger charge is 2.41. The predicted molar refractivity (Wildman–Crippen MR) is 125 cm³/mol. The first-order valence-corrected chi connectivity index (χ1v) is 11.6. The van der Waals surface area contributed by atoms with E-state index in [0.717, 1.165) is 16.7 Å². The van der Waals surface area contributed by atoms with Crippen LogP contribution < -0.4 is 10.5 Å². The van der Waals surface area contributed by atoms with Crippen molar-refractivity contribution in [3.8, 4) is 0 Å². The minimum absolute atomic E-state index is 0.138. The van der Waals surface area contributed by atoms with E-state index in [1.807, 2.05) is 4.90 Å². The van der Waals surface area contributed by atoms with Gasteiger partial charge in [-0.15, -0.1) is 0 Å². The molecule has 0 aromatic carbocycles. The fourth-order valence-electron chi connectivity index (χ4n) is 4.21. The molecule has 0 radical (unpaired) electrons. The average Bonchev–Trinajstić information content (AvgIpc) is 3.36. The number of carbonyl (C=O) groups is 2. The Morgan fingerprint density at radius 1 is 1.24 bits per heavy atom. The van der Waals surface area contributed by atoms with Crippen molar-refractivity contribution in [3.63, 3.8) is 0 Å². The zero-order valence-corrected chi connectivity index (χ0v) is 19.1. The van der Waals surface area contributed by atoms with E-state index in [2.05, 4.69) is 0 Å². The molecule has 172 valence electrons. The zero-order chi connectivity index (χ0) is 23.2. The highest BCUT2D eigenvalue weighted by molar-refractivity contribution is 8.26. The monoisotopic (exact) mass is 488 g/mol. The molecule has 0 aliphatic carbocycles. The van der Waals surface area contributed by atoms with Crippen molar-refractivity contribution in [1.29, 1.82) is 0 Å². The number of amides is 1. The fraction of sp³-hybridized carbons (Fsp3) is 0.381. The van der Waals surface area contributed by atoms with Gasteiger partial charge in [-0.05, 0) is 18.2 Å². The number of nitrogens with zero attached hydrogens (tertiary/aromatic N) is 4. The Morgan fingerprint density at radius 2 is 1.97 bits per heavy atom. The number of aliphatic carboxylic acids is 1. The topological polar surface area (TPSA) is 114 Å². The summed E-state index contributed by atoms with van der Waals surface area (Å²) in [5.41, 5.74) is 0.410. The summed E-state index contributed by atoms with van der Waals surface area (Å²) < 4.78 is 13.2. The third kappa shape index (κ3) is 4.03. The van der Waals surface area contributed by atoms with Crippen molar-refractivity contribution in [3.05, 3.63) is 45.2 Å². The molecule has 33 heavy (non-hydrogen) atoms. The molecule has 1 N–H and O–H groups in total. The number of fused-ring (bicyclic) bond motifs is 1. The highest BCUT2D eigenvalue weighted by atomic mass is 32.2. The lowest BCUT2D eigenvalue weighted by molar-refractivity contribution is -0.169. The number of aromatic nitrogens is 2. The summed E-state index contributed by atoms with van der Waals surface area (Å²) in [5, 5.41) is 9.08. The normalized spacial score (nSPS) is 21.6. The Bertz CT molecular complexity index is 1240. The molecule has 0 saturated carbocycles. The van der Waals surface area contributed by atoms with Gasteiger partial charge in [0, 0.05) is 32.1 Å². The summed E-state index contributed by atoms with van der Waals surface area (Å²) in [6.45, 7) is 1.74. The van der Waals surface area contributed by atoms with Crippen molar-refractivity contribution in [1.82, 2.24) is 14.3 Å². The lowest BCUT2D eigenvalue weighted by Gasteiger charge is -2.38. The molecule has 12 heteroatoms. The van der Waals surface area contributed by atoms with Gasteiger partial charge in [-0.25, -0.2) is 4.98 Å². The molecule has 3 aliphatic rings. The van der Waals surface area contributed by atoms with Gasteiger partial charge in [0.05, 0.1) is 23.7 Å². The van der Waals surface area contributed by atoms with Crippen molar-refractivity contribution >= 4 is 57.7 Å². The molecule has 1 spiro atoms. The molecule has 2 aromatic heterocycles. The van der Waals surface area contributed by atoms with Crippen LogP contribution in [-0.2, 0) is 19.1 Å². The summed E-state index contributed by atoms with van der Waals surface area (Å²) in [6, 6.07) is 5.27. The van der Waals surface area contributed by atoms with E-state index in [1.54, 1.807) is 24.4 Å². The van der Waals surface area contributed by atoms with Crippen molar-refractivity contribution < 1.29 is 24.2 Å². The average molecular weight is 489 g/mol. The van der Waals surface area contributed by atoms with E-state index in [9.17, 15) is 14.4 Å².